The third-order valence-corrected chi connectivity index (χ3v) is 5.23. The van der Waals surface area contributed by atoms with Crippen molar-refractivity contribution in [3.63, 3.8) is 0 Å². The predicted molar refractivity (Wildman–Crippen MR) is 106 cm³/mol. The largest absolute Gasteiger partial charge is 0.417 e. The van der Waals surface area contributed by atoms with E-state index < -0.39 is 104 Å². The fraction of sp³-hybridized carbons (Fsp3) is 0.182. The Morgan fingerprint density at radius 2 is 0.579 bits per heavy atom. The van der Waals surface area contributed by atoms with Crippen LogP contribution in [-0.2, 0) is 24.7 Å². The number of halogens is 14. The molecule has 0 aliphatic rings. The average Bonchev–Trinajstić information content (AvgIpc) is 2.73. The van der Waals surface area contributed by atoms with E-state index in [2.05, 4.69) is 0 Å². The first-order valence-corrected chi connectivity index (χ1v) is 9.69. The van der Waals surface area contributed by atoms with Gasteiger partial charge in [-0.1, -0.05) is 0 Å². The molecule has 38 heavy (non-hydrogen) atoms. The van der Waals surface area contributed by atoms with Crippen molar-refractivity contribution in [2.75, 3.05) is 11.5 Å². The van der Waals surface area contributed by atoms with Crippen molar-refractivity contribution in [3.05, 3.63) is 70.3 Å². The quantitative estimate of drug-likeness (QED) is 0.241. The van der Waals surface area contributed by atoms with E-state index in [-0.39, 0.29) is 24.3 Å². The third-order valence-electron chi connectivity index (χ3n) is 5.23. The molecule has 3 aromatic rings. The van der Waals surface area contributed by atoms with Gasteiger partial charge in [-0.2, -0.15) is 52.7 Å². The number of nitrogens with two attached hydrogens (primary N) is 2. The highest BCUT2D eigenvalue weighted by Gasteiger charge is 2.44. The fourth-order valence-electron chi connectivity index (χ4n) is 3.61. The van der Waals surface area contributed by atoms with Crippen LogP contribution in [-0.4, -0.2) is 0 Å². The number of nitrogen functional groups attached to an aromatic ring is 2. The van der Waals surface area contributed by atoms with Gasteiger partial charge in [0.05, 0.1) is 33.6 Å². The van der Waals surface area contributed by atoms with Crippen molar-refractivity contribution in [2.45, 2.75) is 24.7 Å². The van der Waals surface area contributed by atoms with Crippen LogP contribution in [0, 0.1) is 11.6 Å². The molecule has 0 spiro atoms. The van der Waals surface area contributed by atoms with E-state index in [0.29, 0.717) is 0 Å². The Bertz CT molecular complexity index is 1290. The number of alkyl halides is 12. The smallest absolute Gasteiger partial charge is 0.396 e. The first-order chi connectivity index (χ1) is 17.0. The minimum Gasteiger partial charge on any atom is -0.396 e. The Labute approximate surface area is 202 Å². The fourth-order valence-corrected chi connectivity index (χ4v) is 3.61. The summed E-state index contributed by atoms with van der Waals surface area (Å²) in [6.07, 6.45) is -22.7. The van der Waals surface area contributed by atoms with Crippen LogP contribution in [0.25, 0.3) is 22.3 Å². The standard InChI is InChI=1S/C22H10F14N2/c23-15-3-9(13(5-17(15)37)21(31,32)33)7-1-11(19(25,26)27)8(2-12(7)20(28,29)30)10-4-16(24)18(38)6-14(10)22(34,35)36/h1-6H,37-38H2. The maximum Gasteiger partial charge on any atom is 0.417 e. The first kappa shape index (κ1) is 28.8. The molecule has 3 aromatic carbocycles. The lowest BCUT2D eigenvalue weighted by atomic mass is 9.86. The SMILES string of the molecule is Nc1cc(C(F)(F)F)c(-c2cc(C(F)(F)F)c(-c3cc(F)c(N)cc3C(F)(F)F)cc2C(F)(F)F)cc1F. The molecule has 0 bridgehead atoms. The zero-order valence-electron chi connectivity index (χ0n) is 17.9. The molecule has 0 unspecified atom stereocenters. The molecule has 0 saturated heterocycles. The number of benzene rings is 3. The molecule has 3 rings (SSSR count). The topological polar surface area (TPSA) is 52.0 Å². The summed E-state index contributed by atoms with van der Waals surface area (Å²) < 4.78 is 193. The lowest BCUT2D eigenvalue weighted by Crippen LogP contribution is -2.17. The molecule has 0 aliphatic carbocycles. The molecule has 4 N–H and O–H groups in total. The van der Waals surface area contributed by atoms with E-state index in [1.54, 1.807) is 0 Å². The predicted octanol–water partition coefficient (Wildman–Crippen LogP) is 8.54. The Kier molecular flexibility index (Phi) is 6.79. The van der Waals surface area contributed by atoms with Crippen LogP contribution in [0.2, 0.25) is 0 Å². The Hall–Kier alpha value is -3.72. The summed E-state index contributed by atoms with van der Waals surface area (Å²) in [5.74, 6) is -3.45. The van der Waals surface area contributed by atoms with Gasteiger partial charge >= 0.3 is 24.7 Å². The van der Waals surface area contributed by atoms with Gasteiger partial charge in [0.25, 0.3) is 0 Å². The molecule has 0 heterocycles. The maximum atomic E-state index is 14.0. The van der Waals surface area contributed by atoms with Gasteiger partial charge in [0.15, 0.2) is 0 Å². The van der Waals surface area contributed by atoms with Gasteiger partial charge in [-0.15, -0.1) is 0 Å². The zero-order valence-corrected chi connectivity index (χ0v) is 17.9. The van der Waals surface area contributed by atoms with Crippen LogP contribution in [0.3, 0.4) is 0 Å². The van der Waals surface area contributed by atoms with Crippen molar-refractivity contribution in [1.29, 1.82) is 0 Å². The lowest BCUT2D eigenvalue weighted by Gasteiger charge is -2.24. The summed E-state index contributed by atoms with van der Waals surface area (Å²) in [6, 6.07) is -1.72. The van der Waals surface area contributed by atoms with Gasteiger partial charge in [-0.3, -0.25) is 0 Å². The molecule has 16 heteroatoms. The molecular weight excluding hydrogens is 558 g/mol. The van der Waals surface area contributed by atoms with Gasteiger partial charge < -0.3 is 11.5 Å². The second kappa shape index (κ2) is 8.94. The van der Waals surface area contributed by atoms with Gasteiger partial charge in [0, 0.05) is 0 Å². The van der Waals surface area contributed by atoms with Crippen molar-refractivity contribution in [2.24, 2.45) is 0 Å². The van der Waals surface area contributed by atoms with E-state index >= 15 is 0 Å². The van der Waals surface area contributed by atoms with Crippen molar-refractivity contribution < 1.29 is 61.5 Å². The van der Waals surface area contributed by atoms with Crippen LogP contribution in [0.15, 0.2) is 36.4 Å². The van der Waals surface area contributed by atoms with E-state index in [4.69, 9.17) is 11.5 Å². The zero-order chi connectivity index (χ0) is 29.2. The summed E-state index contributed by atoms with van der Waals surface area (Å²) in [7, 11) is 0. The van der Waals surface area contributed by atoms with Crippen molar-refractivity contribution >= 4 is 11.4 Å². The molecular formula is C22H10F14N2. The van der Waals surface area contributed by atoms with Crippen molar-refractivity contribution in [1.82, 2.24) is 0 Å². The molecule has 0 radical (unpaired) electrons. The molecule has 0 atom stereocenters. The average molecular weight is 568 g/mol. The normalized spacial score (nSPS) is 13.2. The monoisotopic (exact) mass is 568 g/mol. The molecule has 0 saturated carbocycles. The number of hydrogen-bond acceptors (Lipinski definition) is 2. The highest BCUT2D eigenvalue weighted by atomic mass is 19.4. The number of rotatable bonds is 2. The summed E-state index contributed by atoms with van der Waals surface area (Å²) >= 11 is 0. The number of anilines is 2. The van der Waals surface area contributed by atoms with Gasteiger partial charge in [-0.25, -0.2) is 8.78 Å². The van der Waals surface area contributed by atoms with E-state index in [1.807, 2.05) is 0 Å². The second-order valence-electron chi connectivity index (χ2n) is 7.77. The van der Waals surface area contributed by atoms with Crippen LogP contribution >= 0.6 is 0 Å². The van der Waals surface area contributed by atoms with E-state index in [1.165, 1.54) is 0 Å². The Morgan fingerprint density at radius 3 is 0.816 bits per heavy atom. The molecule has 0 aliphatic heterocycles. The number of hydrogen-bond donors (Lipinski definition) is 2. The minimum atomic E-state index is -5.79. The third kappa shape index (κ3) is 5.43. The highest BCUT2D eigenvalue weighted by Crippen LogP contribution is 2.50. The Balaban J connectivity index is 2.59. The molecule has 0 amide bonds. The summed E-state index contributed by atoms with van der Waals surface area (Å²) in [4.78, 5) is 0. The highest BCUT2D eigenvalue weighted by molar-refractivity contribution is 5.82. The minimum absolute atomic E-state index is 0.150. The van der Waals surface area contributed by atoms with Gasteiger partial charge in [0.1, 0.15) is 11.6 Å². The molecule has 206 valence electrons. The first-order valence-electron chi connectivity index (χ1n) is 9.69. The van der Waals surface area contributed by atoms with E-state index in [9.17, 15) is 61.5 Å². The van der Waals surface area contributed by atoms with Crippen LogP contribution in [0.1, 0.15) is 22.3 Å². The maximum absolute atomic E-state index is 14.0. The van der Waals surface area contributed by atoms with Crippen LogP contribution in [0.4, 0.5) is 72.8 Å². The summed E-state index contributed by atoms with van der Waals surface area (Å²) in [5, 5.41) is 0. The van der Waals surface area contributed by atoms with Gasteiger partial charge in [-0.05, 0) is 58.7 Å². The molecule has 0 aromatic heterocycles. The molecule has 2 nitrogen and oxygen atoms in total. The van der Waals surface area contributed by atoms with Crippen LogP contribution < -0.4 is 11.5 Å². The van der Waals surface area contributed by atoms with Crippen LogP contribution in [0.5, 0.6) is 0 Å². The molecule has 0 fully saturated rings. The summed E-state index contributed by atoms with van der Waals surface area (Å²) in [5.41, 5.74) is -8.24. The lowest BCUT2D eigenvalue weighted by molar-refractivity contribution is -0.141. The second-order valence-corrected chi connectivity index (χ2v) is 7.77. The Morgan fingerprint density at radius 1 is 0.368 bits per heavy atom. The van der Waals surface area contributed by atoms with Gasteiger partial charge in [0.2, 0.25) is 0 Å². The summed E-state index contributed by atoms with van der Waals surface area (Å²) in [6.45, 7) is 0. The van der Waals surface area contributed by atoms with E-state index in [0.717, 1.165) is 0 Å². The van der Waals surface area contributed by atoms with Crippen molar-refractivity contribution in [3.8, 4) is 22.3 Å².